The molecule has 2 heterocycles. The van der Waals surface area contributed by atoms with Crippen LogP contribution in [0.3, 0.4) is 0 Å². The van der Waals surface area contributed by atoms with Crippen LogP contribution in [-0.2, 0) is 4.79 Å². The van der Waals surface area contributed by atoms with Gasteiger partial charge in [0, 0.05) is 19.2 Å². The van der Waals surface area contributed by atoms with Crippen molar-refractivity contribution in [2.24, 2.45) is 0 Å². The van der Waals surface area contributed by atoms with Crippen LogP contribution in [0.4, 0.5) is 0 Å². The second kappa shape index (κ2) is 3.72. The van der Waals surface area contributed by atoms with Gasteiger partial charge in [-0.25, -0.2) is 0 Å². The van der Waals surface area contributed by atoms with Crippen molar-refractivity contribution in [3.63, 3.8) is 0 Å². The zero-order chi connectivity index (χ0) is 10.8. The summed E-state index contributed by atoms with van der Waals surface area (Å²) in [6, 6.07) is 1.03. The predicted molar refractivity (Wildman–Crippen MR) is 50.0 cm³/mol. The van der Waals surface area contributed by atoms with Gasteiger partial charge in [-0.3, -0.25) is 9.59 Å². The highest BCUT2D eigenvalue weighted by Crippen LogP contribution is 2.09. The number of hydrogen-bond acceptors (Lipinski definition) is 4. The Morgan fingerprint density at radius 3 is 3.20 bits per heavy atom. The Kier molecular flexibility index (Phi) is 2.40. The fraction of sp³-hybridized carbons (Fsp3) is 0.444. The first-order valence-corrected chi connectivity index (χ1v) is 4.69. The Balaban J connectivity index is 2.16. The topological polar surface area (TPSA) is 75.4 Å². The summed E-state index contributed by atoms with van der Waals surface area (Å²) < 4.78 is 4.59. The van der Waals surface area contributed by atoms with Crippen molar-refractivity contribution in [3.05, 3.63) is 18.0 Å². The van der Waals surface area contributed by atoms with E-state index in [-0.39, 0.29) is 17.5 Å². The van der Waals surface area contributed by atoms with Crippen molar-refractivity contribution in [1.82, 2.24) is 15.4 Å². The number of aromatic nitrogens is 1. The number of amides is 2. The third-order valence-electron chi connectivity index (χ3n) is 2.42. The van der Waals surface area contributed by atoms with Crippen LogP contribution in [0.5, 0.6) is 0 Å². The van der Waals surface area contributed by atoms with E-state index in [1.54, 1.807) is 6.92 Å². The average Bonchev–Trinajstić information content (AvgIpc) is 2.74. The van der Waals surface area contributed by atoms with Gasteiger partial charge in [-0.05, 0) is 6.92 Å². The fourth-order valence-corrected chi connectivity index (χ4v) is 1.53. The summed E-state index contributed by atoms with van der Waals surface area (Å²) in [6.45, 7) is 2.66. The van der Waals surface area contributed by atoms with Crippen LogP contribution in [0, 0.1) is 0 Å². The summed E-state index contributed by atoms with van der Waals surface area (Å²) in [5, 5.41) is 6.24. The van der Waals surface area contributed by atoms with Crippen molar-refractivity contribution in [3.8, 4) is 0 Å². The molecule has 1 unspecified atom stereocenters. The molecule has 6 heteroatoms. The lowest BCUT2D eigenvalue weighted by Gasteiger charge is -2.32. The minimum atomic E-state index is -0.456. The summed E-state index contributed by atoms with van der Waals surface area (Å²) in [4.78, 5) is 24.7. The van der Waals surface area contributed by atoms with E-state index in [4.69, 9.17) is 0 Å². The smallest absolute Gasteiger partial charge is 0.276 e. The first kappa shape index (κ1) is 9.70. The first-order chi connectivity index (χ1) is 7.20. The lowest BCUT2D eigenvalue weighted by atomic mass is 10.2. The molecule has 2 rings (SSSR count). The molecule has 1 saturated heterocycles. The molecule has 2 amide bonds. The maximum absolute atomic E-state index is 11.8. The monoisotopic (exact) mass is 209 g/mol. The molecule has 1 aliphatic heterocycles. The maximum atomic E-state index is 11.8. The second-order valence-corrected chi connectivity index (χ2v) is 3.35. The van der Waals surface area contributed by atoms with Crippen molar-refractivity contribution >= 4 is 11.8 Å². The molecule has 1 aromatic rings. The standard InChI is InChI=1S/C9H11N3O3/c1-6-8(13)10-3-4-12(6)9(14)7-2-5-15-11-7/h2,5-6H,3-4H2,1H3,(H,10,13). The van der Waals surface area contributed by atoms with Crippen LogP contribution in [0.2, 0.25) is 0 Å². The van der Waals surface area contributed by atoms with E-state index in [1.807, 2.05) is 0 Å². The Morgan fingerprint density at radius 1 is 1.73 bits per heavy atom. The van der Waals surface area contributed by atoms with Gasteiger partial charge >= 0.3 is 0 Å². The molecule has 1 fully saturated rings. The summed E-state index contributed by atoms with van der Waals surface area (Å²) in [5.41, 5.74) is 0.233. The molecule has 0 radical (unpaired) electrons. The van der Waals surface area contributed by atoms with Crippen LogP contribution in [-0.4, -0.2) is 41.0 Å². The van der Waals surface area contributed by atoms with E-state index in [1.165, 1.54) is 17.2 Å². The molecule has 0 aromatic carbocycles. The quantitative estimate of drug-likeness (QED) is 0.685. The zero-order valence-electron chi connectivity index (χ0n) is 8.27. The van der Waals surface area contributed by atoms with Gasteiger partial charge in [0.25, 0.3) is 5.91 Å². The number of carbonyl (C=O) groups excluding carboxylic acids is 2. The predicted octanol–water partition coefficient (Wildman–Crippen LogP) is -0.365. The molecule has 0 bridgehead atoms. The number of rotatable bonds is 1. The Labute approximate surface area is 86.2 Å². The lowest BCUT2D eigenvalue weighted by molar-refractivity contribution is -0.127. The molecule has 1 aromatic heterocycles. The largest absolute Gasteiger partial charge is 0.364 e. The second-order valence-electron chi connectivity index (χ2n) is 3.35. The molecule has 0 spiro atoms. The minimum Gasteiger partial charge on any atom is -0.364 e. The first-order valence-electron chi connectivity index (χ1n) is 4.69. The van der Waals surface area contributed by atoms with Crippen molar-refractivity contribution < 1.29 is 14.1 Å². The fourth-order valence-electron chi connectivity index (χ4n) is 1.53. The third-order valence-corrected chi connectivity index (χ3v) is 2.42. The van der Waals surface area contributed by atoms with Crippen LogP contribution >= 0.6 is 0 Å². The number of nitrogens with one attached hydrogen (secondary N) is 1. The number of hydrogen-bond donors (Lipinski definition) is 1. The Bertz CT molecular complexity index is 374. The van der Waals surface area contributed by atoms with Gasteiger partial charge < -0.3 is 14.7 Å². The molecule has 1 aliphatic rings. The Hall–Kier alpha value is -1.85. The molecule has 15 heavy (non-hydrogen) atoms. The van der Waals surface area contributed by atoms with Crippen molar-refractivity contribution in [2.75, 3.05) is 13.1 Å². The highest BCUT2D eigenvalue weighted by atomic mass is 16.5. The Morgan fingerprint density at radius 2 is 2.53 bits per heavy atom. The molecular formula is C9H11N3O3. The van der Waals surface area contributed by atoms with E-state index in [0.717, 1.165) is 0 Å². The summed E-state index contributed by atoms with van der Waals surface area (Å²) in [5.74, 6) is -0.413. The average molecular weight is 209 g/mol. The van der Waals surface area contributed by atoms with E-state index in [0.29, 0.717) is 13.1 Å². The maximum Gasteiger partial charge on any atom is 0.276 e. The van der Waals surface area contributed by atoms with E-state index in [2.05, 4.69) is 15.0 Å². The van der Waals surface area contributed by atoms with E-state index in [9.17, 15) is 9.59 Å². The van der Waals surface area contributed by atoms with E-state index < -0.39 is 6.04 Å². The molecule has 6 nitrogen and oxygen atoms in total. The summed E-state index contributed by atoms with van der Waals surface area (Å²) in [7, 11) is 0. The lowest BCUT2D eigenvalue weighted by Crippen LogP contribution is -2.55. The van der Waals surface area contributed by atoms with Crippen LogP contribution in [0.25, 0.3) is 0 Å². The molecule has 1 N–H and O–H groups in total. The molecule has 0 aliphatic carbocycles. The van der Waals surface area contributed by atoms with Gasteiger partial charge in [-0.15, -0.1) is 0 Å². The number of carbonyl (C=O) groups is 2. The molecular weight excluding hydrogens is 198 g/mol. The summed E-state index contributed by atoms with van der Waals surface area (Å²) in [6.07, 6.45) is 1.34. The molecule has 0 saturated carbocycles. The van der Waals surface area contributed by atoms with Crippen LogP contribution < -0.4 is 5.32 Å². The highest BCUT2D eigenvalue weighted by Gasteiger charge is 2.30. The zero-order valence-corrected chi connectivity index (χ0v) is 8.27. The van der Waals surface area contributed by atoms with Crippen LogP contribution in [0.15, 0.2) is 16.9 Å². The SMILES string of the molecule is CC1C(=O)NCCN1C(=O)c1ccon1. The normalized spacial score (nSPS) is 21.3. The van der Waals surface area contributed by atoms with Gasteiger partial charge in [0.15, 0.2) is 5.69 Å². The van der Waals surface area contributed by atoms with Gasteiger partial charge in [0.1, 0.15) is 12.3 Å². The minimum absolute atomic E-state index is 0.141. The molecule has 1 atom stereocenters. The van der Waals surface area contributed by atoms with Crippen molar-refractivity contribution in [1.29, 1.82) is 0 Å². The van der Waals surface area contributed by atoms with Gasteiger partial charge in [-0.1, -0.05) is 5.16 Å². The van der Waals surface area contributed by atoms with Crippen LogP contribution in [0.1, 0.15) is 17.4 Å². The van der Waals surface area contributed by atoms with Gasteiger partial charge in [-0.2, -0.15) is 0 Å². The summed E-state index contributed by atoms with van der Waals surface area (Å²) >= 11 is 0. The van der Waals surface area contributed by atoms with Crippen molar-refractivity contribution in [2.45, 2.75) is 13.0 Å². The van der Waals surface area contributed by atoms with E-state index >= 15 is 0 Å². The van der Waals surface area contributed by atoms with Gasteiger partial charge in [0.2, 0.25) is 5.91 Å². The van der Waals surface area contributed by atoms with Gasteiger partial charge in [0.05, 0.1) is 0 Å². The highest BCUT2D eigenvalue weighted by molar-refractivity contribution is 5.96. The third kappa shape index (κ3) is 1.70. The number of piperazine rings is 1. The molecule has 80 valence electrons. The number of nitrogens with zero attached hydrogens (tertiary/aromatic N) is 2.